The first-order valence-electron chi connectivity index (χ1n) is 6.31. The van der Waals surface area contributed by atoms with E-state index < -0.39 is 0 Å². The Balaban J connectivity index is 2.26. The van der Waals surface area contributed by atoms with Gasteiger partial charge >= 0.3 is 0 Å². The van der Waals surface area contributed by atoms with Gasteiger partial charge < -0.3 is 10.3 Å². The number of aryl methyl sites for hydroxylation is 1. The van der Waals surface area contributed by atoms with Crippen molar-refractivity contribution in [3.8, 4) is 0 Å². The summed E-state index contributed by atoms with van der Waals surface area (Å²) in [5.41, 5.74) is 7.96. The first kappa shape index (κ1) is 12.6. The van der Waals surface area contributed by atoms with Crippen molar-refractivity contribution in [2.24, 2.45) is 0 Å². The van der Waals surface area contributed by atoms with E-state index in [2.05, 4.69) is 40.6 Å². The van der Waals surface area contributed by atoms with Crippen LogP contribution in [-0.4, -0.2) is 24.5 Å². The zero-order chi connectivity index (χ0) is 13.1. The molecule has 0 aliphatic rings. The molecule has 0 amide bonds. The maximum atomic E-state index is 5.85. The van der Waals surface area contributed by atoms with Gasteiger partial charge in [-0.15, -0.1) is 5.10 Å². The van der Waals surface area contributed by atoms with Gasteiger partial charge in [0.15, 0.2) is 5.82 Å². The van der Waals surface area contributed by atoms with Gasteiger partial charge in [0.1, 0.15) is 0 Å². The molecule has 0 atom stereocenters. The molecule has 2 rings (SSSR count). The highest BCUT2D eigenvalue weighted by Crippen LogP contribution is 2.20. The van der Waals surface area contributed by atoms with Crippen LogP contribution in [0, 0.1) is 0 Å². The highest BCUT2D eigenvalue weighted by atomic mass is 15.4. The standard InChI is InChI=1S/C12H20N6/c1-4-5-17-8-14-6-10(17)7-18-11(9(2)3)12(13)15-16-18/h6,8-9H,4-5,7,13H2,1-3H3. The van der Waals surface area contributed by atoms with Crippen molar-refractivity contribution in [3.05, 3.63) is 23.9 Å². The summed E-state index contributed by atoms with van der Waals surface area (Å²) >= 11 is 0. The van der Waals surface area contributed by atoms with Crippen molar-refractivity contribution in [2.75, 3.05) is 5.73 Å². The minimum atomic E-state index is 0.308. The summed E-state index contributed by atoms with van der Waals surface area (Å²) in [6.07, 6.45) is 4.81. The van der Waals surface area contributed by atoms with Crippen LogP contribution in [0.5, 0.6) is 0 Å². The number of rotatable bonds is 5. The average molecular weight is 248 g/mol. The maximum absolute atomic E-state index is 5.85. The largest absolute Gasteiger partial charge is 0.381 e. The van der Waals surface area contributed by atoms with Crippen LogP contribution in [0.25, 0.3) is 0 Å². The summed E-state index contributed by atoms with van der Waals surface area (Å²) in [6, 6.07) is 0. The molecule has 0 fully saturated rings. The summed E-state index contributed by atoms with van der Waals surface area (Å²) in [5, 5.41) is 8.07. The van der Waals surface area contributed by atoms with Crippen molar-refractivity contribution < 1.29 is 0 Å². The molecule has 0 bridgehead atoms. The quantitative estimate of drug-likeness (QED) is 0.872. The van der Waals surface area contributed by atoms with Crippen LogP contribution < -0.4 is 5.73 Å². The molecule has 6 heteroatoms. The van der Waals surface area contributed by atoms with E-state index in [-0.39, 0.29) is 0 Å². The van der Waals surface area contributed by atoms with Crippen molar-refractivity contribution in [1.29, 1.82) is 0 Å². The third-order valence-corrected chi connectivity index (χ3v) is 2.92. The summed E-state index contributed by atoms with van der Waals surface area (Å²) < 4.78 is 4.01. The molecule has 0 aliphatic carbocycles. The Kier molecular flexibility index (Phi) is 3.64. The van der Waals surface area contributed by atoms with Crippen molar-refractivity contribution in [2.45, 2.75) is 46.2 Å². The number of nitrogen functional groups attached to an aromatic ring is 1. The third-order valence-electron chi connectivity index (χ3n) is 2.92. The van der Waals surface area contributed by atoms with Gasteiger partial charge in [0, 0.05) is 6.54 Å². The normalized spacial score (nSPS) is 11.3. The van der Waals surface area contributed by atoms with Crippen LogP contribution in [0.1, 0.15) is 44.5 Å². The molecule has 2 aromatic rings. The number of hydrogen-bond donors (Lipinski definition) is 1. The van der Waals surface area contributed by atoms with Gasteiger partial charge in [0.25, 0.3) is 0 Å². The zero-order valence-electron chi connectivity index (χ0n) is 11.2. The Bertz CT molecular complexity index is 510. The third kappa shape index (κ3) is 2.37. The van der Waals surface area contributed by atoms with Gasteiger partial charge in [-0.25, -0.2) is 9.67 Å². The Morgan fingerprint density at radius 1 is 1.39 bits per heavy atom. The fourth-order valence-corrected chi connectivity index (χ4v) is 2.12. The molecule has 2 heterocycles. The lowest BCUT2D eigenvalue weighted by molar-refractivity contribution is 0.556. The Morgan fingerprint density at radius 2 is 2.17 bits per heavy atom. The molecule has 0 saturated carbocycles. The number of anilines is 1. The second-order valence-corrected chi connectivity index (χ2v) is 4.75. The van der Waals surface area contributed by atoms with Gasteiger partial charge in [0.05, 0.1) is 30.5 Å². The van der Waals surface area contributed by atoms with E-state index in [1.807, 2.05) is 17.2 Å². The Morgan fingerprint density at radius 3 is 2.83 bits per heavy atom. The fraction of sp³-hybridized carbons (Fsp3) is 0.583. The summed E-state index contributed by atoms with van der Waals surface area (Å²) in [7, 11) is 0. The van der Waals surface area contributed by atoms with Gasteiger partial charge in [-0.1, -0.05) is 26.0 Å². The van der Waals surface area contributed by atoms with Crippen LogP contribution in [0.3, 0.4) is 0 Å². The molecule has 6 nitrogen and oxygen atoms in total. The average Bonchev–Trinajstić information content (AvgIpc) is 2.88. The van der Waals surface area contributed by atoms with Crippen LogP contribution in [0.2, 0.25) is 0 Å². The predicted octanol–water partition coefficient (Wildman–Crippen LogP) is 1.64. The highest BCUT2D eigenvalue weighted by Gasteiger charge is 2.15. The molecule has 0 aromatic carbocycles. The summed E-state index contributed by atoms with van der Waals surface area (Å²) in [4.78, 5) is 4.19. The molecule has 0 spiro atoms. The van der Waals surface area contributed by atoms with Gasteiger partial charge in [-0.05, 0) is 12.3 Å². The minimum absolute atomic E-state index is 0.308. The van der Waals surface area contributed by atoms with E-state index in [1.165, 1.54) is 0 Å². The number of nitrogens with two attached hydrogens (primary N) is 1. The molecule has 98 valence electrons. The van der Waals surface area contributed by atoms with Crippen LogP contribution in [-0.2, 0) is 13.1 Å². The lowest BCUT2D eigenvalue weighted by Crippen LogP contribution is -2.12. The molecular formula is C12H20N6. The predicted molar refractivity (Wildman–Crippen MR) is 70.1 cm³/mol. The summed E-state index contributed by atoms with van der Waals surface area (Å²) in [6.45, 7) is 7.97. The van der Waals surface area contributed by atoms with Crippen LogP contribution in [0.4, 0.5) is 5.82 Å². The Labute approximate surface area is 107 Å². The first-order valence-corrected chi connectivity index (χ1v) is 6.31. The molecular weight excluding hydrogens is 228 g/mol. The van der Waals surface area contributed by atoms with E-state index in [0.717, 1.165) is 24.4 Å². The number of aromatic nitrogens is 5. The molecule has 0 saturated heterocycles. The van der Waals surface area contributed by atoms with Crippen molar-refractivity contribution in [1.82, 2.24) is 24.5 Å². The maximum Gasteiger partial charge on any atom is 0.169 e. The zero-order valence-corrected chi connectivity index (χ0v) is 11.2. The van der Waals surface area contributed by atoms with E-state index in [1.54, 1.807) is 0 Å². The van der Waals surface area contributed by atoms with Crippen molar-refractivity contribution >= 4 is 5.82 Å². The number of hydrogen-bond acceptors (Lipinski definition) is 4. The lowest BCUT2D eigenvalue weighted by Gasteiger charge is -2.11. The van der Waals surface area contributed by atoms with E-state index in [9.17, 15) is 0 Å². The fourth-order valence-electron chi connectivity index (χ4n) is 2.12. The first-order chi connectivity index (χ1) is 8.63. The smallest absolute Gasteiger partial charge is 0.169 e. The lowest BCUT2D eigenvalue weighted by atomic mass is 10.1. The second kappa shape index (κ2) is 5.20. The van der Waals surface area contributed by atoms with Crippen molar-refractivity contribution in [3.63, 3.8) is 0 Å². The molecule has 2 N–H and O–H groups in total. The van der Waals surface area contributed by atoms with E-state index in [0.29, 0.717) is 18.3 Å². The molecule has 2 aromatic heterocycles. The summed E-state index contributed by atoms with van der Waals surface area (Å²) in [5.74, 6) is 0.828. The molecule has 0 aliphatic heterocycles. The monoisotopic (exact) mass is 248 g/mol. The second-order valence-electron chi connectivity index (χ2n) is 4.75. The molecule has 0 radical (unpaired) electrons. The number of nitrogens with zero attached hydrogens (tertiary/aromatic N) is 5. The SMILES string of the molecule is CCCn1cncc1Cn1nnc(N)c1C(C)C. The van der Waals surface area contributed by atoms with Crippen LogP contribution >= 0.6 is 0 Å². The number of imidazole rings is 1. The van der Waals surface area contributed by atoms with E-state index >= 15 is 0 Å². The van der Waals surface area contributed by atoms with Crippen LogP contribution in [0.15, 0.2) is 12.5 Å². The highest BCUT2D eigenvalue weighted by molar-refractivity contribution is 5.35. The molecule has 18 heavy (non-hydrogen) atoms. The Hall–Kier alpha value is -1.85. The topological polar surface area (TPSA) is 74.5 Å². The molecule has 0 unspecified atom stereocenters. The van der Waals surface area contributed by atoms with Gasteiger partial charge in [0.2, 0.25) is 0 Å². The van der Waals surface area contributed by atoms with E-state index in [4.69, 9.17) is 5.73 Å². The minimum Gasteiger partial charge on any atom is -0.381 e. The van der Waals surface area contributed by atoms with Gasteiger partial charge in [-0.3, -0.25) is 0 Å². The van der Waals surface area contributed by atoms with Gasteiger partial charge in [-0.2, -0.15) is 0 Å².